The molecule has 0 saturated carbocycles. The highest BCUT2D eigenvalue weighted by Gasteiger charge is 2.16. The van der Waals surface area contributed by atoms with Gasteiger partial charge in [-0.1, -0.05) is 0 Å². The van der Waals surface area contributed by atoms with E-state index in [1.807, 2.05) is 0 Å². The van der Waals surface area contributed by atoms with Gasteiger partial charge in [-0.05, 0) is 26.2 Å². The van der Waals surface area contributed by atoms with Crippen LogP contribution in [0.2, 0.25) is 0 Å². The first kappa shape index (κ1) is 8.37. The van der Waals surface area contributed by atoms with Crippen LogP contribution in [-0.4, -0.2) is 24.1 Å². The van der Waals surface area contributed by atoms with E-state index in [0.717, 1.165) is 25.9 Å². The van der Waals surface area contributed by atoms with Gasteiger partial charge in [0.2, 0.25) is 0 Å². The lowest BCUT2D eigenvalue weighted by Crippen LogP contribution is -2.35. The van der Waals surface area contributed by atoms with Crippen LogP contribution in [0.1, 0.15) is 26.2 Å². The minimum Gasteiger partial charge on any atom is -0.442 e. The monoisotopic (exact) mass is 156 g/mol. The Morgan fingerprint density at radius 1 is 1.36 bits per heavy atom. The molecule has 0 atom stereocenters. The number of rotatable bonds is 1. The first-order chi connectivity index (χ1) is 5.34. The van der Waals surface area contributed by atoms with E-state index in [1.165, 1.54) is 13.0 Å². The molecular weight excluding hydrogens is 142 g/mol. The summed E-state index contributed by atoms with van der Waals surface area (Å²) in [5.74, 6) is 0. The predicted octanol–water partition coefficient (Wildman–Crippen LogP) is 1.79. The average molecular weight is 156 g/mol. The van der Waals surface area contributed by atoms with Crippen LogP contribution in [-0.2, 0) is 4.74 Å². The van der Waals surface area contributed by atoms with E-state index in [9.17, 15) is 4.79 Å². The van der Waals surface area contributed by atoms with Crippen molar-refractivity contribution in [2.75, 3.05) is 13.1 Å². The number of hydrogen-bond acceptors (Lipinski definition) is 2. The maximum Gasteiger partial charge on any atom is 0.410 e. The van der Waals surface area contributed by atoms with Gasteiger partial charge in [0.15, 0.2) is 0 Å². The topological polar surface area (TPSA) is 29.5 Å². The Hall–Kier alpha value is -0.730. The van der Waals surface area contributed by atoms with E-state index in [2.05, 4.69) is 0 Å². The molecule has 0 aromatic carbocycles. The zero-order chi connectivity index (χ0) is 8.10. The molecule has 0 unspecified atom stereocenters. The van der Waals surface area contributed by atoms with E-state index in [1.54, 1.807) is 11.8 Å². The minimum absolute atomic E-state index is 0.202. The predicted molar refractivity (Wildman–Crippen MR) is 41.9 cm³/mol. The number of nitrogens with zero attached hydrogens (tertiary/aromatic N) is 1. The van der Waals surface area contributed by atoms with Gasteiger partial charge in [0.25, 0.3) is 0 Å². The van der Waals surface area contributed by atoms with Crippen LogP contribution in [0.15, 0.2) is 0 Å². The molecule has 1 fully saturated rings. The van der Waals surface area contributed by atoms with Gasteiger partial charge in [0.05, 0.1) is 0 Å². The van der Waals surface area contributed by atoms with Crippen LogP contribution in [0.3, 0.4) is 0 Å². The quantitative estimate of drug-likeness (QED) is 0.579. The molecule has 0 bridgehead atoms. The van der Waals surface area contributed by atoms with Crippen molar-refractivity contribution in [3.8, 4) is 0 Å². The molecule has 0 spiro atoms. The Kier molecular flexibility index (Phi) is 3.20. The molecule has 1 heterocycles. The zero-order valence-electron chi connectivity index (χ0n) is 6.88. The van der Waals surface area contributed by atoms with E-state index in [-0.39, 0.29) is 6.09 Å². The summed E-state index contributed by atoms with van der Waals surface area (Å²) < 4.78 is 4.74. The number of carbonyl (C=O) groups is 1. The highest BCUT2D eigenvalue weighted by molar-refractivity contribution is 5.68. The van der Waals surface area contributed by atoms with Crippen molar-refractivity contribution >= 4 is 6.09 Å². The highest BCUT2D eigenvalue weighted by atomic mass is 16.6. The first-order valence-corrected chi connectivity index (χ1v) is 4.08. The van der Waals surface area contributed by atoms with E-state index < -0.39 is 0 Å². The zero-order valence-corrected chi connectivity index (χ0v) is 6.88. The number of amides is 1. The van der Waals surface area contributed by atoms with Gasteiger partial charge in [0, 0.05) is 13.1 Å². The lowest BCUT2D eigenvalue weighted by Gasteiger charge is -2.25. The van der Waals surface area contributed by atoms with Crippen molar-refractivity contribution in [1.82, 2.24) is 4.90 Å². The van der Waals surface area contributed by atoms with Gasteiger partial charge in [-0.2, -0.15) is 0 Å². The molecule has 1 radical (unpaired) electrons. The molecule has 1 amide bonds. The van der Waals surface area contributed by atoms with Gasteiger partial charge < -0.3 is 9.64 Å². The molecule has 0 aliphatic carbocycles. The Morgan fingerprint density at radius 2 is 2.00 bits per heavy atom. The first-order valence-electron chi connectivity index (χ1n) is 4.08. The van der Waals surface area contributed by atoms with Gasteiger partial charge in [-0.15, -0.1) is 0 Å². The van der Waals surface area contributed by atoms with E-state index in [0.29, 0.717) is 0 Å². The van der Waals surface area contributed by atoms with E-state index in [4.69, 9.17) is 4.74 Å². The number of likely N-dealkylation sites (tertiary alicyclic amines) is 1. The van der Waals surface area contributed by atoms with Gasteiger partial charge in [0.1, 0.15) is 6.61 Å². The molecule has 0 aromatic rings. The summed E-state index contributed by atoms with van der Waals surface area (Å²) in [6.45, 7) is 4.85. The third-order valence-electron chi connectivity index (χ3n) is 1.83. The lowest BCUT2D eigenvalue weighted by molar-refractivity contribution is 0.117. The highest BCUT2D eigenvalue weighted by Crippen LogP contribution is 2.09. The number of piperidine rings is 1. The van der Waals surface area contributed by atoms with Crippen LogP contribution in [0.25, 0.3) is 0 Å². The largest absolute Gasteiger partial charge is 0.442 e. The Labute approximate surface area is 67.3 Å². The van der Waals surface area contributed by atoms with Gasteiger partial charge in [-0.25, -0.2) is 4.79 Å². The summed E-state index contributed by atoms with van der Waals surface area (Å²) in [5, 5.41) is 0. The van der Waals surface area contributed by atoms with Crippen LogP contribution >= 0.6 is 0 Å². The fourth-order valence-electron chi connectivity index (χ4n) is 1.25. The molecule has 1 aliphatic heterocycles. The molecule has 0 N–H and O–H groups in total. The van der Waals surface area contributed by atoms with Crippen molar-refractivity contribution < 1.29 is 9.53 Å². The number of carbonyl (C=O) groups excluding carboxylic acids is 1. The average Bonchev–Trinajstić information content (AvgIpc) is 2.07. The van der Waals surface area contributed by atoms with Gasteiger partial charge >= 0.3 is 6.09 Å². The molecule has 3 heteroatoms. The van der Waals surface area contributed by atoms with Gasteiger partial charge in [-0.3, -0.25) is 0 Å². The summed E-state index contributed by atoms with van der Waals surface area (Å²) in [5.41, 5.74) is 0. The van der Waals surface area contributed by atoms with Crippen molar-refractivity contribution in [1.29, 1.82) is 0 Å². The Morgan fingerprint density at radius 3 is 2.55 bits per heavy atom. The fraction of sp³-hybridized carbons (Fsp3) is 0.750. The molecule has 1 aliphatic rings. The smallest absolute Gasteiger partial charge is 0.410 e. The summed E-state index contributed by atoms with van der Waals surface area (Å²) in [6, 6.07) is 0. The SMILES string of the molecule is C[CH]OC(=O)N1CCCCC1. The van der Waals surface area contributed by atoms with E-state index >= 15 is 0 Å². The Bertz CT molecular complexity index is 130. The molecule has 1 saturated heterocycles. The molecule has 63 valence electrons. The molecule has 3 nitrogen and oxygen atoms in total. The standard InChI is InChI=1S/C8H14NO2/c1-2-11-8(10)9-6-4-3-5-7-9/h2H,3-7H2,1H3. The Balaban J connectivity index is 2.27. The third kappa shape index (κ3) is 2.41. The second-order valence-electron chi connectivity index (χ2n) is 2.67. The summed E-state index contributed by atoms with van der Waals surface area (Å²) in [4.78, 5) is 12.8. The van der Waals surface area contributed by atoms with Crippen LogP contribution in [0.5, 0.6) is 0 Å². The van der Waals surface area contributed by atoms with Crippen molar-refractivity contribution in [2.24, 2.45) is 0 Å². The maximum atomic E-state index is 11.1. The second kappa shape index (κ2) is 4.21. The normalized spacial score (nSPS) is 18.1. The third-order valence-corrected chi connectivity index (χ3v) is 1.83. The van der Waals surface area contributed by atoms with Crippen molar-refractivity contribution in [2.45, 2.75) is 26.2 Å². The van der Waals surface area contributed by atoms with Crippen molar-refractivity contribution in [3.05, 3.63) is 6.61 Å². The minimum atomic E-state index is -0.202. The maximum absolute atomic E-state index is 11.1. The molecule has 1 rings (SSSR count). The number of hydrogen-bond donors (Lipinski definition) is 0. The molecule has 0 aromatic heterocycles. The molecule has 11 heavy (non-hydrogen) atoms. The van der Waals surface area contributed by atoms with Crippen LogP contribution in [0, 0.1) is 6.61 Å². The second-order valence-corrected chi connectivity index (χ2v) is 2.67. The summed E-state index contributed by atoms with van der Waals surface area (Å²) in [6.07, 6.45) is 3.25. The summed E-state index contributed by atoms with van der Waals surface area (Å²) >= 11 is 0. The summed E-state index contributed by atoms with van der Waals surface area (Å²) in [7, 11) is 0. The lowest BCUT2D eigenvalue weighted by atomic mass is 10.1. The van der Waals surface area contributed by atoms with Crippen LogP contribution < -0.4 is 0 Å². The molecular formula is C8H14NO2. The fourth-order valence-corrected chi connectivity index (χ4v) is 1.25. The van der Waals surface area contributed by atoms with Crippen molar-refractivity contribution in [3.63, 3.8) is 0 Å². The van der Waals surface area contributed by atoms with Crippen LogP contribution in [0.4, 0.5) is 4.79 Å². The number of ether oxygens (including phenoxy) is 1.